The van der Waals surface area contributed by atoms with Crippen LogP contribution in [0.15, 0.2) is 18.2 Å². The third kappa shape index (κ3) is 2.85. The number of hydrogen-bond acceptors (Lipinski definition) is 5. The van der Waals surface area contributed by atoms with Gasteiger partial charge in [-0.15, -0.1) is 0 Å². The lowest BCUT2D eigenvalue weighted by Gasteiger charge is -2.36. The Kier molecular flexibility index (Phi) is 4.44. The van der Waals surface area contributed by atoms with Crippen LogP contribution in [0.4, 0.5) is 11.4 Å². The van der Waals surface area contributed by atoms with E-state index >= 15 is 0 Å². The predicted molar refractivity (Wildman–Crippen MR) is 76.3 cm³/mol. The number of aliphatic hydroxyl groups is 1. The largest absolute Gasteiger partial charge is 0.496 e. The van der Waals surface area contributed by atoms with Crippen LogP contribution in [0.1, 0.15) is 25.7 Å². The highest BCUT2D eigenvalue weighted by Crippen LogP contribution is 2.35. The van der Waals surface area contributed by atoms with E-state index in [1.165, 1.54) is 13.2 Å². The summed E-state index contributed by atoms with van der Waals surface area (Å²) < 4.78 is 5.03. The highest BCUT2D eigenvalue weighted by molar-refractivity contribution is 5.65. The van der Waals surface area contributed by atoms with Crippen molar-refractivity contribution in [2.45, 2.75) is 37.8 Å². The van der Waals surface area contributed by atoms with Crippen molar-refractivity contribution in [3.8, 4) is 5.75 Å². The molecule has 2 rings (SSSR count). The van der Waals surface area contributed by atoms with Crippen LogP contribution >= 0.6 is 0 Å². The van der Waals surface area contributed by atoms with E-state index in [-0.39, 0.29) is 11.7 Å². The summed E-state index contributed by atoms with van der Waals surface area (Å²) in [6.45, 7) is 0. The van der Waals surface area contributed by atoms with Gasteiger partial charge in [-0.3, -0.25) is 10.1 Å². The minimum absolute atomic E-state index is 0.00428. The summed E-state index contributed by atoms with van der Waals surface area (Å²) in [6, 6.07) is 4.73. The molecule has 1 N–H and O–H groups in total. The van der Waals surface area contributed by atoms with Gasteiger partial charge in [0.2, 0.25) is 0 Å². The lowest BCUT2D eigenvalue weighted by molar-refractivity contribution is -0.384. The summed E-state index contributed by atoms with van der Waals surface area (Å²) in [4.78, 5) is 12.6. The summed E-state index contributed by atoms with van der Waals surface area (Å²) in [5.41, 5.74) is 0.520. The lowest BCUT2D eigenvalue weighted by Crippen LogP contribution is -2.43. The number of anilines is 1. The highest BCUT2D eigenvalue weighted by Gasteiger charge is 2.30. The van der Waals surface area contributed by atoms with Gasteiger partial charge < -0.3 is 14.7 Å². The topological polar surface area (TPSA) is 75.8 Å². The van der Waals surface area contributed by atoms with E-state index in [0.29, 0.717) is 11.4 Å². The molecule has 2 unspecified atom stereocenters. The molecule has 0 radical (unpaired) electrons. The number of benzene rings is 1. The van der Waals surface area contributed by atoms with Crippen molar-refractivity contribution in [3.05, 3.63) is 28.3 Å². The minimum atomic E-state index is -0.435. The van der Waals surface area contributed by atoms with Crippen LogP contribution < -0.4 is 9.64 Å². The van der Waals surface area contributed by atoms with Gasteiger partial charge in [-0.05, 0) is 25.0 Å². The number of methoxy groups -OCH3 is 1. The Balaban J connectivity index is 2.33. The van der Waals surface area contributed by atoms with Crippen LogP contribution in [0.3, 0.4) is 0 Å². The van der Waals surface area contributed by atoms with E-state index in [9.17, 15) is 15.2 Å². The monoisotopic (exact) mass is 280 g/mol. The Morgan fingerprint density at radius 2 is 2.10 bits per heavy atom. The summed E-state index contributed by atoms with van der Waals surface area (Å²) in [5.74, 6) is 0.457. The van der Waals surface area contributed by atoms with Crippen molar-refractivity contribution in [1.29, 1.82) is 0 Å². The molecule has 0 bridgehead atoms. The number of nitro groups is 1. The predicted octanol–water partition coefficient (Wildman–Crippen LogP) is 2.34. The van der Waals surface area contributed by atoms with Gasteiger partial charge in [0, 0.05) is 7.05 Å². The first-order chi connectivity index (χ1) is 9.54. The molecule has 6 heteroatoms. The molecule has 1 fully saturated rings. The van der Waals surface area contributed by atoms with Crippen molar-refractivity contribution in [3.63, 3.8) is 0 Å². The average Bonchev–Trinajstić information content (AvgIpc) is 2.46. The number of aliphatic hydroxyl groups excluding tert-OH is 1. The Morgan fingerprint density at radius 3 is 2.70 bits per heavy atom. The molecule has 1 aromatic carbocycles. The number of ether oxygens (including phenoxy) is 1. The Morgan fingerprint density at radius 1 is 1.40 bits per heavy atom. The van der Waals surface area contributed by atoms with E-state index in [0.717, 1.165) is 25.7 Å². The first-order valence-corrected chi connectivity index (χ1v) is 6.78. The molecule has 1 saturated carbocycles. The van der Waals surface area contributed by atoms with Gasteiger partial charge in [-0.2, -0.15) is 0 Å². The molecular weight excluding hydrogens is 260 g/mol. The number of nitro benzene ring substituents is 1. The van der Waals surface area contributed by atoms with Crippen LogP contribution in [-0.2, 0) is 0 Å². The van der Waals surface area contributed by atoms with Gasteiger partial charge >= 0.3 is 0 Å². The molecule has 2 atom stereocenters. The summed E-state index contributed by atoms with van der Waals surface area (Å²) in [5, 5.41) is 21.3. The van der Waals surface area contributed by atoms with Crippen LogP contribution in [0.5, 0.6) is 5.75 Å². The molecule has 0 aliphatic heterocycles. The molecule has 1 aliphatic carbocycles. The number of likely N-dealkylation sites (N-methyl/N-ethyl adjacent to an activating group) is 1. The molecule has 0 heterocycles. The van der Waals surface area contributed by atoms with Crippen LogP contribution in [-0.4, -0.2) is 36.3 Å². The van der Waals surface area contributed by atoms with Gasteiger partial charge in [-0.25, -0.2) is 0 Å². The molecule has 0 saturated heterocycles. The average molecular weight is 280 g/mol. The molecule has 1 aromatic rings. The fraction of sp³-hybridized carbons (Fsp3) is 0.571. The fourth-order valence-electron chi connectivity index (χ4n) is 2.80. The Labute approximate surface area is 118 Å². The highest BCUT2D eigenvalue weighted by atomic mass is 16.6. The van der Waals surface area contributed by atoms with Crippen molar-refractivity contribution < 1.29 is 14.8 Å². The quantitative estimate of drug-likeness (QED) is 0.676. The first kappa shape index (κ1) is 14.6. The van der Waals surface area contributed by atoms with Crippen molar-refractivity contribution >= 4 is 11.4 Å². The van der Waals surface area contributed by atoms with E-state index in [4.69, 9.17) is 4.74 Å². The zero-order valence-electron chi connectivity index (χ0n) is 11.8. The summed E-state index contributed by atoms with van der Waals surface area (Å²) in [6.07, 6.45) is 3.21. The summed E-state index contributed by atoms with van der Waals surface area (Å²) in [7, 11) is 3.28. The van der Waals surface area contributed by atoms with E-state index in [1.54, 1.807) is 19.2 Å². The van der Waals surface area contributed by atoms with Gasteiger partial charge in [0.1, 0.15) is 11.4 Å². The zero-order valence-corrected chi connectivity index (χ0v) is 11.8. The Hall–Kier alpha value is -1.82. The van der Waals surface area contributed by atoms with Gasteiger partial charge in [0.05, 0.1) is 30.2 Å². The molecule has 0 spiro atoms. The van der Waals surface area contributed by atoms with Crippen molar-refractivity contribution in [2.24, 2.45) is 0 Å². The molecular formula is C14H20N2O4. The third-order valence-electron chi connectivity index (χ3n) is 3.95. The zero-order chi connectivity index (χ0) is 14.7. The third-order valence-corrected chi connectivity index (χ3v) is 3.95. The summed E-state index contributed by atoms with van der Waals surface area (Å²) >= 11 is 0. The van der Waals surface area contributed by atoms with E-state index < -0.39 is 11.0 Å². The fourth-order valence-corrected chi connectivity index (χ4v) is 2.80. The second-order valence-corrected chi connectivity index (χ2v) is 5.14. The second kappa shape index (κ2) is 6.09. The normalized spacial score (nSPS) is 22.4. The second-order valence-electron chi connectivity index (χ2n) is 5.14. The SMILES string of the molecule is COc1ccc(N(C)C2CCCCC2O)c([N+](=O)[O-])c1. The maximum absolute atomic E-state index is 11.2. The first-order valence-electron chi connectivity index (χ1n) is 6.78. The van der Waals surface area contributed by atoms with Crippen molar-refractivity contribution in [1.82, 2.24) is 0 Å². The lowest BCUT2D eigenvalue weighted by atomic mass is 9.91. The molecule has 0 aromatic heterocycles. The van der Waals surface area contributed by atoms with Gasteiger partial charge in [0.25, 0.3) is 5.69 Å². The minimum Gasteiger partial charge on any atom is -0.496 e. The molecule has 1 aliphatic rings. The van der Waals surface area contributed by atoms with Gasteiger partial charge in [0.15, 0.2) is 0 Å². The van der Waals surface area contributed by atoms with E-state index in [2.05, 4.69) is 0 Å². The van der Waals surface area contributed by atoms with Crippen molar-refractivity contribution in [2.75, 3.05) is 19.1 Å². The molecule has 110 valence electrons. The molecule has 20 heavy (non-hydrogen) atoms. The van der Waals surface area contributed by atoms with Gasteiger partial charge in [-0.1, -0.05) is 12.8 Å². The number of nitrogens with zero attached hydrogens (tertiary/aromatic N) is 2. The maximum Gasteiger partial charge on any atom is 0.296 e. The Bertz CT molecular complexity index is 492. The number of hydrogen-bond donors (Lipinski definition) is 1. The maximum atomic E-state index is 11.2. The smallest absolute Gasteiger partial charge is 0.296 e. The van der Waals surface area contributed by atoms with Crippen LogP contribution in [0.2, 0.25) is 0 Å². The van der Waals surface area contributed by atoms with Crippen LogP contribution in [0.25, 0.3) is 0 Å². The molecule has 6 nitrogen and oxygen atoms in total. The number of rotatable bonds is 4. The standard InChI is InChI=1S/C14H20N2O4/c1-15(12-5-3-4-6-14(12)17)11-8-7-10(20-2)9-13(11)16(18)19/h7-9,12,14,17H,3-6H2,1-2H3. The van der Waals surface area contributed by atoms with Crippen LogP contribution in [0, 0.1) is 10.1 Å². The van der Waals surface area contributed by atoms with E-state index in [1.807, 2.05) is 4.90 Å². The molecule has 0 amide bonds.